The Kier molecular flexibility index (Phi) is 4.69. The molecule has 0 spiro atoms. The van der Waals surface area contributed by atoms with Gasteiger partial charge in [-0.25, -0.2) is 4.79 Å². The third-order valence-electron chi connectivity index (χ3n) is 2.34. The number of ether oxygens (including phenoxy) is 1. The molecule has 1 aromatic rings. The lowest BCUT2D eigenvalue weighted by atomic mass is 10.1. The lowest BCUT2D eigenvalue weighted by molar-refractivity contribution is -0.115. The number of aryl methyl sites for hydroxylation is 1. The van der Waals surface area contributed by atoms with Crippen molar-refractivity contribution in [1.29, 1.82) is 0 Å². The van der Waals surface area contributed by atoms with Gasteiger partial charge in [0, 0.05) is 12.1 Å². The summed E-state index contributed by atoms with van der Waals surface area (Å²) in [6, 6.07) is 5.12. The number of hydrogen-bond acceptors (Lipinski definition) is 3. The molecule has 0 aromatic heterocycles. The summed E-state index contributed by atoms with van der Waals surface area (Å²) in [5.74, 6) is -0.450. The molecule has 0 heterocycles. The predicted molar refractivity (Wildman–Crippen MR) is 66.1 cm³/mol. The third-order valence-corrected chi connectivity index (χ3v) is 2.34. The molecule has 0 aliphatic rings. The van der Waals surface area contributed by atoms with Gasteiger partial charge in [-0.2, -0.15) is 0 Å². The van der Waals surface area contributed by atoms with E-state index >= 15 is 0 Å². The predicted octanol–water partition coefficient (Wildman–Crippen LogP) is 2.52. The van der Waals surface area contributed by atoms with Crippen LogP contribution in [0.5, 0.6) is 0 Å². The van der Waals surface area contributed by atoms with Gasteiger partial charge in [0.05, 0.1) is 12.2 Å². The van der Waals surface area contributed by atoms with Crippen LogP contribution in [-0.4, -0.2) is 18.5 Å². The van der Waals surface area contributed by atoms with Crippen LogP contribution in [0.2, 0.25) is 0 Å². The molecule has 17 heavy (non-hydrogen) atoms. The number of benzene rings is 1. The summed E-state index contributed by atoms with van der Waals surface area (Å²) >= 11 is 0. The van der Waals surface area contributed by atoms with Crippen molar-refractivity contribution in [2.75, 3.05) is 11.9 Å². The lowest BCUT2D eigenvalue weighted by Crippen LogP contribution is -2.12. The minimum absolute atomic E-state index is 0.0749. The van der Waals surface area contributed by atoms with Crippen molar-refractivity contribution in [3.63, 3.8) is 0 Å². The van der Waals surface area contributed by atoms with Gasteiger partial charge in [0.2, 0.25) is 5.91 Å². The Labute approximate surface area is 101 Å². The number of carbonyl (C=O) groups excluding carboxylic acids is 2. The first-order valence-corrected chi connectivity index (χ1v) is 5.66. The Morgan fingerprint density at radius 2 is 2.00 bits per heavy atom. The summed E-state index contributed by atoms with van der Waals surface area (Å²) in [6.07, 6.45) is 0.406. The van der Waals surface area contributed by atoms with Crippen molar-refractivity contribution in [3.05, 3.63) is 29.3 Å². The fraction of sp³-hybridized carbons (Fsp3) is 0.385. The van der Waals surface area contributed by atoms with E-state index in [0.717, 1.165) is 5.56 Å². The van der Waals surface area contributed by atoms with Crippen molar-refractivity contribution in [1.82, 2.24) is 0 Å². The molecule has 0 unspecified atom stereocenters. The molecule has 0 bridgehead atoms. The van der Waals surface area contributed by atoms with Crippen LogP contribution in [0.3, 0.4) is 0 Å². The minimum Gasteiger partial charge on any atom is -0.462 e. The fourth-order valence-corrected chi connectivity index (χ4v) is 1.34. The van der Waals surface area contributed by atoms with Crippen LogP contribution in [0.25, 0.3) is 0 Å². The Morgan fingerprint density at radius 3 is 2.59 bits per heavy atom. The summed E-state index contributed by atoms with van der Waals surface area (Å²) in [7, 11) is 0. The molecule has 4 nitrogen and oxygen atoms in total. The highest BCUT2D eigenvalue weighted by Gasteiger charge is 2.09. The second-order valence-electron chi connectivity index (χ2n) is 3.65. The van der Waals surface area contributed by atoms with Crippen molar-refractivity contribution < 1.29 is 14.3 Å². The zero-order valence-electron chi connectivity index (χ0n) is 10.4. The average molecular weight is 235 g/mol. The lowest BCUT2D eigenvalue weighted by Gasteiger charge is -2.09. The van der Waals surface area contributed by atoms with Gasteiger partial charge in [-0.3, -0.25) is 4.79 Å². The zero-order valence-corrected chi connectivity index (χ0v) is 10.4. The Bertz CT molecular complexity index is 427. The van der Waals surface area contributed by atoms with Gasteiger partial charge in [0.25, 0.3) is 0 Å². The summed E-state index contributed by atoms with van der Waals surface area (Å²) < 4.78 is 4.90. The van der Waals surface area contributed by atoms with Crippen LogP contribution in [0.1, 0.15) is 36.2 Å². The standard InChI is InChI=1S/C13H17NO3/c1-4-12(15)14-11-8-10(7-6-9(11)3)13(16)17-5-2/h6-8H,4-5H2,1-3H3,(H,14,15). The van der Waals surface area contributed by atoms with Crippen LogP contribution in [0.4, 0.5) is 5.69 Å². The molecular formula is C13H17NO3. The monoisotopic (exact) mass is 235 g/mol. The summed E-state index contributed by atoms with van der Waals surface area (Å²) in [6.45, 7) is 5.75. The van der Waals surface area contributed by atoms with Crippen molar-refractivity contribution in [2.45, 2.75) is 27.2 Å². The molecule has 4 heteroatoms. The van der Waals surface area contributed by atoms with E-state index in [2.05, 4.69) is 5.32 Å². The minimum atomic E-state index is -0.375. The van der Waals surface area contributed by atoms with Crippen LogP contribution in [0, 0.1) is 6.92 Å². The maximum atomic E-state index is 11.5. The first-order chi connectivity index (χ1) is 8.08. The second kappa shape index (κ2) is 6.03. The summed E-state index contributed by atoms with van der Waals surface area (Å²) in [5.41, 5.74) is 2.02. The number of anilines is 1. The summed E-state index contributed by atoms with van der Waals surface area (Å²) in [4.78, 5) is 22.8. The maximum Gasteiger partial charge on any atom is 0.338 e. The van der Waals surface area contributed by atoms with Crippen molar-refractivity contribution in [3.8, 4) is 0 Å². The van der Waals surface area contributed by atoms with E-state index in [1.165, 1.54) is 0 Å². The van der Waals surface area contributed by atoms with Gasteiger partial charge in [-0.05, 0) is 31.5 Å². The molecule has 0 saturated carbocycles. The van der Waals surface area contributed by atoms with Crippen LogP contribution in [-0.2, 0) is 9.53 Å². The van der Waals surface area contributed by atoms with E-state index in [1.54, 1.807) is 32.0 Å². The van der Waals surface area contributed by atoms with Gasteiger partial charge in [0.1, 0.15) is 0 Å². The molecule has 0 aliphatic carbocycles. The van der Waals surface area contributed by atoms with Crippen molar-refractivity contribution >= 4 is 17.6 Å². The fourth-order valence-electron chi connectivity index (χ4n) is 1.34. The molecule has 1 rings (SSSR count). The van der Waals surface area contributed by atoms with E-state index < -0.39 is 0 Å². The number of hydrogen-bond donors (Lipinski definition) is 1. The average Bonchev–Trinajstić information content (AvgIpc) is 2.32. The highest BCUT2D eigenvalue weighted by molar-refractivity contribution is 5.95. The highest BCUT2D eigenvalue weighted by Crippen LogP contribution is 2.17. The van der Waals surface area contributed by atoms with E-state index in [4.69, 9.17) is 4.74 Å². The molecule has 0 saturated heterocycles. The van der Waals surface area contributed by atoms with Crippen LogP contribution < -0.4 is 5.32 Å². The van der Waals surface area contributed by atoms with E-state index in [-0.39, 0.29) is 11.9 Å². The van der Waals surface area contributed by atoms with Crippen LogP contribution >= 0.6 is 0 Å². The van der Waals surface area contributed by atoms with E-state index in [0.29, 0.717) is 24.3 Å². The van der Waals surface area contributed by atoms with Gasteiger partial charge >= 0.3 is 5.97 Å². The molecule has 1 amide bonds. The van der Waals surface area contributed by atoms with Gasteiger partial charge in [-0.1, -0.05) is 13.0 Å². The topological polar surface area (TPSA) is 55.4 Å². The number of carbonyl (C=O) groups is 2. The zero-order chi connectivity index (χ0) is 12.8. The quantitative estimate of drug-likeness (QED) is 0.816. The Morgan fingerprint density at radius 1 is 1.29 bits per heavy atom. The number of amides is 1. The first kappa shape index (κ1) is 13.2. The first-order valence-electron chi connectivity index (χ1n) is 5.66. The smallest absolute Gasteiger partial charge is 0.338 e. The number of rotatable bonds is 4. The Balaban J connectivity index is 2.93. The number of esters is 1. The number of nitrogens with one attached hydrogen (secondary N) is 1. The maximum absolute atomic E-state index is 11.5. The molecule has 0 radical (unpaired) electrons. The van der Waals surface area contributed by atoms with Gasteiger partial charge in [0.15, 0.2) is 0 Å². The third kappa shape index (κ3) is 3.59. The van der Waals surface area contributed by atoms with E-state index in [9.17, 15) is 9.59 Å². The normalized spacial score (nSPS) is 9.82. The van der Waals surface area contributed by atoms with Gasteiger partial charge in [-0.15, -0.1) is 0 Å². The highest BCUT2D eigenvalue weighted by atomic mass is 16.5. The SMILES string of the molecule is CCOC(=O)c1ccc(C)c(NC(=O)CC)c1. The molecule has 0 atom stereocenters. The summed E-state index contributed by atoms with van der Waals surface area (Å²) in [5, 5.41) is 2.75. The molecule has 0 fully saturated rings. The van der Waals surface area contributed by atoms with Crippen LogP contribution in [0.15, 0.2) is 18.2 Å². The molecule has 92 valence electrons. The molecular weight excluding hydrogens is 218 g/mol. The van der Waals surface area contributed by atoms with Gasteiger partial charge < -0.3 is 10.1 Å². The Hall–Kier alpha value is -1.84. The molecule has 0 aliphatic heterocycles. The van der Waals surface area contributed by atoms with E-state index in [1.807, 2.05) is 6.92 Å². The molecule has 1 aromatic carbocycles. The largest absolute Gasteiger partial charge is 0.462 e. The molecule has 1 N–H and O–H groups in total. The van der Waals surface area contributed by atoms with Crippen molar-refractivity contribution in [2.24, 2.45) is 0 Å². The second-order valence-corrected chi connectivity index (χ2v) is 3.65.